The highest BCUT2D eigenvalue weighted by Gasteiger charge is 2.37. The van der Waals surface area contributed by atoms with Crippen LogP contribution in [0.3, 0.4) is 0 Å². The Morgan fingerprint density at radius 1 is 1.42 bits per heavy atom. The summed E-state index contributed by atoms with van der Waals surface area (Å²) in [5.74, 6) is 0.754. The van der Waals surface area contributed by atoms with E-state index >= 15 is 0 Å². The number of hydrogen-bond acceptors (Lipinski definition) is 6. The lowest BCUT2D eigenvalue weighted by atomic mass is 9.74. The summed E-state index contributed by atoms with van der Waals surface area (Å²) in [7, 11) is 0. The third kappa shape index (κ3) is 2.12. The maximum Gasteiger partial charge on any atom is 0.257 e. The van der Waals surface area contributed by atoms with Crippen molar-refractivity contribution in [2.75, 3.05) is 6.26 Å². The second kappa shape index (κ2) is 4.45. The lowest BCUT2D eigenvalue weighted by molar-refractivity contribution is 0.0910. The van der Waals surface area contributed by atoms with Crippen LogP contribution >= 0.6 is 23.1 Å². The molecule has 3 rings (SSSR count). The maximum absolute atomic E-state index is 12.4. The van der Waals surface area contributed by atoms with Crippen LogP contribution in [0.2, 0.25) is 0 Å². The van der Waals surface area contributed by atoms with E-state index in [1.165, 1.54) is 6.39 Å². The quantitative estimate of drug-likeness (QED) is 0.791. The molecule has 0 N–H and O–H groups in total. The number of carbonyl (C=O) groups is 1. The van der Waals surface area contributed by atoms with E-state index in [1.807, 2.05) is 6.26 Å². The van der Waals surface area contributed by atoms with Crippen molar-refractivity contribution in [3.05, 3.63) is 17.5 Å². The minimum Gasteiger partial charge on any atom is -0.423 e. The summed E-state index contributed by atoms with van der Waals surface area (Å²) in [6, 6.07) is 0. The predicted octanol–water partition coefficient (Wildman–Crippen LogP) is 3.68. The van der Waals surface area contributed by atoms with Crippen molar-refractivity contribution < 1.29 is 9.21 Å². The van der Waals surface area contributed by atoms with E-state index in [1.54, 1.807) is 23.1 Å². The Balaban J connectivity index is 2.21. The molecule has 2 heterocycles. The van der Waals surface area contributed by atoms with Gasteiger partial charge in [-0.3, -0.25) is 4.79 Å². The predicted molar refractivity (Wildman–Crippen MR) is 75.8 cm³/mol. The molecule has 0 amide bonds. The van der Waals surface area contributed by atoms with Gasteiger partial charge in [0.1, 0.15) is 0 Å². The Kier molecular flexibility index (Phi) is 3.02. The molecule has 0 unspecified atom stereocenters. The topological polar surface area (TPSA) is 56.0 Å². The molecule has 0 spiro atoms. The number of carbonyl (C=O) groups excluding carboxylic acids is 1. The fraction of sp³-hybridized carbons (Fsp3) is 0.462. The van der Waals surface area contributed by atoms with Crippen molar-refractivity contribution in [2.24, 2.45) is 5.41 Å². The van der Waals surface area contributed by atoms with Gasteiger partial charge in [-0.2, -0.15) is 0 Å². The van der Waals surface area contributed by atoms with Gasteiger partial charge in [0.15, 0.2) is 5.78 Å². The molecule has 1 aliphatic rings. The molecule has 1 aliphatic carbocycles. The number of nitrogens with zero attached hydrogens (tertiary/aromatic N) is 2. The normalized spacial score (nSPS) is 17.5. The Bertz CT molecular complexity index is 629. The summed E-state index contributed by atoms with van der Waals surface area (Å²) >= 11 is 3.20. The first kappa shape index (κ1) is 12.9. The van der Waals surface area contributed by atoms with Gasteiger partial charge in [0.25, 0.3) is 5.89 Å². The first-order valence-electron chi connectivity index (χ1n) is 6.01. The molecular formula is C13H14N2O2S2. The minimum atomic E-state index is -0.00436. The molecule has 100 valence electrons. The summed E-state index contributed by atoms with van der Waals surface area (Å²) in [6.07, 6.45) is 4.81. The molecule has 0 atom stereocenters. The third-order valence-electron chi connectivity index (χ3n) is 3.29. The number of thiophene rings is 1. The number of aromatic nitrogens is 2. The summed E-state index contributed by atoms with van der Waals surface area (Å²) < 4.78 is 6.37. The molecular weight excluding hydrogens is 280 g/mol. The number of Topliss-reactive ketones (excluding diaryl/α,β-unsaturated/α-hetero) is 1. The van der Waals surface area contributed by atoms with Crippen LogP contribution < -0.4 is 0 Å². The Morgan fingerprint density at radius 3 is 2.84 bits per heavy atom. The molecule has 19 heavy (non-hydrogen) atoms. The van der Waals surface area contributed by atoms with Gasteiger partial charge in [0, 0.05) is 12.0 Å². The molecule has 6 heteroatoms. The van der Waals surface area contributed by atoms with Gasteiger partial charge in [0.2, 0.25) is 6.39 Å². The van der Waals surface area contributed by atoms with Gasteiger partial charge in [-0.15, -0.1) is 33.3 Å². The van der Waals surface area contributed by atoms with Crippen molar-refractivity contribution in [3.63, 3.8) is 0 Å². The van der Waals surface area contributed by atoms with Gasteiger partial charge in [-0.25, -0.2) is 0 Å². The zero-order chi connectivity index (χ0) is 13.6. The van der Waals surface area contributed by atoms with Crippen LogP contribution in [-0.4, -0.2) is 22.2 Å². The van der Waals surface area contributed by atoms with E-state index in [2.05, 4.69) is 24.0 Å². The molecule has 0 saturated heterocycles. The molecule has 0 fully saturated rings. The number of ketones is 1. The third-order valence-corrected chi connectivity index (χ3v) is 5.63. The molecule has 2 aromatic rings. The van der Waals surface area contributed by atoms with Gasteiger partial charge in [-0.1, -0.05) is 13.8 Å². The van der Waals surface area contributed by atoms with Crippen molar-refractivity contribution in [2.45, 2.75) is 30.9 Å². The summed E-state index contributed by atoms with van der Waals surface area (Å²) in [5, 5.41) is 7.72. The van der Waals surface area contributed by atoms with Crippen LogP contribution in [0.15, 0.2) is 15.0 Å². The van der Waals surface area contributed by atoms with Crippen molar-refractivity contribution >= 4 is 28.9 Å². The second-order valence-electron chi connectivity index (χ2n) is 5.46. The van der Waals surface area contributed by atoms with Crippen LogP contribution in [-0.2, 0) is 6.42 Å². The maximum atomic E-state index is 12.4. The lowest BCUT2D eigenvalue weighted by Crippen LogP contribution is -2.26. The lowest BCUT2D eigenvalue weighted by Gasteiger charge is -2.29. The van der Waals surface area contributed by atoms with Crippen LogP contribution in [0, 0.1) is 5.41 Å². The fourth-order valence-corrected chi connectivity index (χ4v) is 4.57. The average molecular weight is 294 g/mol. The van der Waals surface area contributed by atoms with Crippen LogP contribution in [0.25, 0.3) is 10.8 Å². The smallest absolute Gasteiger partial charge is 0.257 e. The Hall–Kier alpha value is -1.14. The van der Waals surface area contributed by atoms with E-state index in [0.717, 1.165) is 26.6 Å². The fourth-order valence-electron chi connectivity index (χ4n) is 2.55. The SMILES string of the molecule is CSc1sc(-c2nnco2)c2c1C(=O)CC(C)(C)C2. The summed E-state index contributed by atoms with van der Waals surface area (Å²) in [5.41, 5.74) is 1.96. The zero-order valence-corrected chi connectivity index (χ0v) is 12.7. The van der Waals surface area contributed by atoms with E-state index in [9.17, 15) is 4.79 Å². The molecule has 0 aliphatic heterocycles. The Morgan fingerprint density at radius 2 is 2.21 bits per heavy atom. The van der Waals surface area contributed by atoms with Gasteiger partial charge in [0.05, 0.1) is 9.09 Å². The van der Waals surface area contributed by atoms with Gasteiger partial charge >= 0.3 is 0 Å². The van der Waals surface area contributed by atoms with Crippen LogP contribution in [0.5, 0.6) is 0 Å². The number of rotatable bonds is 2. The average Bonchev–Trinajstić information content (AvgIpc) is 2.93. The number of hydrogen-bond donors (Lipinski definition) is 0. The highest BCUT2D eigenvalue weighted by Crippen LogP contribution is 2.47. The van der Waals surface area contributed by atoms with E-state index < -0.39 is 0 Å². The highest BCUT2D eigenvalue weighted by atomic mass is 32.2. The molecule has 0 radical (unpaired) electrons. The number of thioether (sulfide) groups is 1. The second-order valence-corrected chi connectivity index (χ2v) is 7.56. The standard InChI is InChI=1S/C13H14N2O2S2/c1-13(2)4-7-9(8(16)5-13)12(18-3)19-10(7)11-15-14-6-17-11/h6H,4-5H2,1-3H3. The van der Waals surface area contributed by atoms with Crippen molar-refractivity contribution in [3.8, 4) is 10.8 Å². The first-order chi connectivity index (χ1) is 9.02. The van der Waals surface area contributed by atoms with Crippen LogP contribution in [0.4, 0.5) is 0 Å². The molecule has 4 nitrogen and oxygen atoms in total. The Labute approximate surface area is 119 Å². The highest BCUT2D eigenvalue weighted by molar-refractivity contribution is 8.00. The molecule has 2 aromatic heterocycles. The minimum absolute atomic E-state index is 0.00436. The van der Waals surface area contributed by atoms with Gasteiger partial charge in [-0.05, 0) is 23.7 Å². The first-order valence-corrected chi connectivity index (χ1v) is 8.05. The molecule has 0 aromatic carbocycles. The summed E-state index contributed by atoms with van der Waals surface area (Å²) in [4.78, 5) is 13.3. The molecule has 0 saturated carbocycles. The van der Waals surface area contributed by atoms with Crippen LogP contribution in [0.1, 0.15) is 36.2 Å². The van der Waals surface area contributed by atoms with E-state index in [4.69, 9.17) is 4.42 Å². The largest absolute Gasteiger partial charge is 0.423 e. The van der Waals surface area contributed by atoms with E-state index in [-0.39, 0.29) is 11.2 Å². The monoisotopic (exact) mass is 294 g/mol. The zero-order valence-electron chi connectivity index (χ0n) is 11.0. The van der Waals surface area contributed by atoms with Crippen molar-refractivity contribution in [1.82, 2.24) is 10.2 Å². The number of fused-ring (bicyclic) bond motifs is 1. The summed E-state index contributed by atoms with van der Waals surface area (Å²) in [6.45, 7) is 4.25. The van der Waals surface area contributed by atoms with Gasteiger partial charge < -0.3 is 4.42 Å². The molecule has 0 bridgehead atoms. The van der Waals surface area contributed by atoms with Crippen molar-refractivity contribution in [1.29, 1.82) is 0 Å². The van der Waals surface area contributed by atoms with E-state index in [0.29, 0.717) is 12.3 Å².